The molecule has 5 nitrogen and oxygen atoms in total. The molecule has 2 aromatic carbocycles. The predicted molar refractivity (Wildman–Crippen MR) is 114 cm³/mol. The van der Waals surface area contributed by atoms with Gasteiger partial charge in [0.15, 0.2) is 6.10 Å². The monoisotopic (exact) mass is 400 g/mol. The molecule has 0 aromatic heterocycles. The first kappa shape index (κ1) is 22.8. The smallest absolute Gasteiger partial charge is 0.333 e. The highest BCUT2D eigenvalue weighted by atomic mass is 16.5. The third-order valence-corrected chi connectivity index (χ3v) is 4.44. The average molecular weight is 401 g/mol. The van der Waals surface area contributed by atoms with E-state index in [-0.39, 0.29) is 6.10 Å². The summed E-state index contributed by atoms with van der Waals surface area (Å²) in [4.78, 5) is 11.4. The second-order valence-electron chi connectivity index (χ2n) is 7.64. The van der Waals surface area contributed by atoms with Gasteiger partial charge in [-0.2, -0.15) is 0 Å². The van der Waals surface area contributed by atoms with Gasteiger partial charge in [0.2, 0.25) is 0 Å². The number of aliphatic carboxylic acids is 1. The molecule has 1 unspecified atom stereocenters. The quantitative estimate of drug-likeness (QED) is 0.545. The van der Waals surface area contributed by atoms with Crippen LogP contribution in [0, 0.1) is 20.8 Å². The van der Waals surface area contributed by atoms with Gasteiger partial charge in [0.05, 0.1) is 19.3 Å². The van der Waals surface area contributed by atoms with Gasteiger partial charge in [-0.15, -0.1) is 0 Å². The Balaban J connectivity index is 1.83. The molecule has 0 saturated carbocycles. The van der Waals surface area contributed by atoms with Crippen molar-refractivity contribution in [3.63, 3.8) is 0 Å². The summed E-state index contributed by atoms with van der Waals surface area (Å²) in [6.07, 6.45) is 0.0568. The van der Waals surface area contributed by atoms with E-state index in [1.807, 2.05) is 38.1 Å². The molecule has 2 aromatic rings. The van der Waals surface area contributed by atoms with Crippen molar-refractivity contribution in [1.82, 2.24) is 0 Å². The third-order valence-electron chi connectivity index (χ3n) is 4.44. The fourth-order valence-electron chi connectivity index (χ4n) is 3.32. The van der Waals surface area contributed by atoms with Crippen LogP contribution in [0.1, 0.15) is 42.5 Å². The Labute approximate surface area is 173 Å². The lowest BCUT2D eigenvalue weighted by atomic mass is 10.1. The lowest BCUT2D eigenvalue weighted by molar-refractivity contribution is -0.153. The van der Waals surface area contributed by atoms with Gasteiger partial charge in [0, 0.05) is 12.8 Å². The lowest BCUT2D eigenvalue weighted by Gasteiger charge is -2.17. The molecular weight excluding hydrogens is 368 g/mol. The molecule has 5 heteroatoms. The van der Waals surface area contributed by atoms with Crippen LogP contribution < -0.4 is 9.47 Å². The summed E-state index contributed by atoms with van der Waals surface area (Å²) in [5.74, 6) is 0.713. The molecule has 0 aliphatic rings. The molecule has 0 spiro atoms. The van der Waals surface area contributed by atoms with Crippen LogP contribution in [-0.2, 0) is 16.0 Å². The van der Waals surface area contributed by atoms with Crippen LogP contribution in [0.5, 0.6) is 11.5 Å². The second-order valence-corrected chi connectivity index (χ2v) is 7.64. The van der Waals surface area contributed by atoms with Crippen molar-refractivity contribution in [1.29, 1.82) is 0 Å². The zero-order chi connectivity index (χ0) is 21.4. The van der Waals surface area contributed by atoms with Crippen molar-refractivity contribution in [2.45, 2.75) is 59.7 Å². The van der Waals surface area contributed by atoms with E-state index in [0.717, 1.165) is 34.6 Å². The molecule has 1 atom stereocenters. The van der Waals surface area contributed by atoms with E-state index in [1.54, 1.807) is 0 Å². The largest absolute Gasteiger partial charge is 0.493 e. The van der Waals surface area contributed by atoms with Crippen LogP contribution in [0.3, 0.4) is 0 Å². The Morgan fingerprint density at radius 1 is 1.00 bits per heavy atom. The Morgan fingerprint density at radius 3 is 2.28 bits per heavy atom. The van der Waals surface area contributed by atoms with E-state index >= 15 is 0 Å². The molecule has 1 N–H and O–H groups in total. The van der Waals surface area contributed by atoms with Crippen molar-refractivity contribution in [3.8, 4) is 11.5 Å². The van der Waals surface area contributed by atoms with Crippen molar-refractivity contribution >= 4 is 5.97 Å². The molecule has 0 aliphatic heterocycles. The summed E-state index contributed by atoms with van der Waals surface area (Å²) >= 11 is 0. The number of carboxylic acids is 1. The molecule has 0 fully saturated rings. The number of hydrogen-bond acceptors (Lipinski definition) is 4. The first-order valence-electron chi connectivity index (χ1n) is 10.1. The van der Waals surface area contributed by atoms with Crippen molar-refractivity contribution < 1.29 is 24.1 Å². The first-order chi connectivity index (χ1) is 13.8. The maximum atomic E-state index is 11.4. The highest BCUT2D eigenvalue weighted by Crippen LogP contribution is 2.24. The normalized spacial score (nSPS) is 12.1. The molecule has 2 rings (SSSR count). The maximum absolute atomic E-state index is 11.4. The summed E-state index contributed by atoms with van der Waals surface area (Å²) < 4.78 is 17.2. The maximum Gasteiger partial charge on any atom is 0.333 e. The van der Waals surface area contributed by atoms with Crippen LogP contribution in [0.4, 0.5) is 0 Å². The zero-order valence-corrected chi connectivity index (χ0v) is 18.0. The van der Waals surface area contributed by atoms with Crippen molar-refractivity contribution in [3.05, 3.63) is 58.7 Å². The van der Waals surface area contributed by atoms with Gasteiger partial charge in [-0.05, 0) is 63.4 Å². The molecule has 0 aliphatic carbocycles. The Morgan fingerprint density at radius 2 is 1.66 bits per heavy atom. The molecule has 0 radical (unpaired) electrons. The minimum atomic E-state index is -0.955. The molecule has 0 bridgehead atoms. The summed E-state index contributed by atoms with van der Waals surface area (Å²) in [5, 5.41) is 9.33. The number of carbonyl (C=O) groups is 1. The second kappa shape index (κ2) is 10.9. The molecule has 29 heavy (non-hydrogen) atoms. The van der Waals surface area contributed by atoms with Crippen LogP contribution in [0.25, 0.3) is 0 Å². The number of hydrogen-bond donors (Lipinski definition) is 1. The minimum absolute atomic E-state index is 0.142. The summed E-state index contributed by atoms with van der Waals surface area (Å²) in [6, 6.07) is 11.7. The van der Waals surface area contributed by atoms with Gasteiger partial charge in [-0.1, -0.05) is 29.8 Å². The van der Waals surface area contributed by atoms with Crippen LogP contribution in [-0.4, -0.2) is 36.5 Å². The summed E-state index contributed by atoms with van der Waals surface area (Å²) in [5.41, 5.74) is 4.40. The third kappa shape index (κ3) is 7.42. The van der Waals surface area contributed by atoms with E-state index in [4.69, 9.17) is 14.2 Å². The molecule has 0 saturated heterocycles. The number of rotatable bonds is 11. The van der Waals surface area contributed by atoms with Gasteiger partial charge in [-0.3, -0.25) is 0 Å². The number of benzene rings is 2. The SMILES string of the molecule is Cc1cc(C)c(OCCCOc2cccc(CC(OC(C)C)C(=O)O)c2)c(C)c1. The topological polar surface area (TPSA) is 65.0 Å². The lowest BCUT2D eigenvalue weighted by Crippen LogP contribution is -2.29. The predicted octanol–water partition coefficient (Wildman–Crippen LogP) is 4.88. The van der Waals surface area contributed by atoms with Crippen LogP contribution >= 0.6 is 0 Å². The van der Waals surface area contributed by atoms with E-state index < -0.39 is 12.1 Å². The van der Waals surface area contributed by atoms with E-state index in [1.165, 1.54) is 5.56 Å². The van der Waals surface area contributed by atoms with E-state index in [9.17, 15) is 9.90 Å². The van der Waals surface area contributed by atoms with Crippen molar-refractivity contribution in [2.75, 3.05) is 13.2 Å². The Bertz CT molecular complexity index is 790. The van der Waals surface area contributed by atoms with Gasteiger partial charge < -0.3 is 19.3 Å². The van der Waals surface area contributed by atoms with E-state index in [0.29, 0.717) is 19.6 Å². The molecular formula is C24H32O5. The van der Waals surface area contributed by atoms with Crippen molar-refractivity contribution in [2.24, 2.45) is 0 Å². The summed E-state index contributed by atoms with van der Waals surface area (Å²) in [6.45, 7) is 11.0. The number of aryl methyl sites for hydroxylation is 3. The Hall–Kier alpha value is -2.53. The molecule has 0 amide bonds. The van der Waals surface area contributed by atoms with E-state index in [2.05, 4.69) is 32.9 Å². The molecule has 0 heterocycles. The Kier molecular flexibility index (Phi) is 8.52. The zero-order valence-electron chi connectivity index (χ0n) is 18.0. The fourth-order valence-corrected chi connectivity index (χ4v) is 3.32. The average Bonchev–Trinajstić information content (AvgIpc) is 2.62. The highest BCUT2D eigenvalue weighted by molar-refractivity contribution is 5.72. The van der Waals surface area contributed by atoms with Crippen LogP contribution in [0.2, 0.25) is 0 Å². The summed E-state index contributed by atoms with van der Waals surface area (Å²) in [7, 11) is 0. The van der Waals surface area contributed by atoms with Crippen LogP contribution in [0.15, 0.2) is 36.4 Å². The number of carboxylic acid groups (broad SMARTS) is 1. The number of ether oxygens (including phenoxy) is 3. The highest BCUT2D eigenvalue weighted by Gasteiger charge is 2.20. The van der Waals surface area contributed by atoms with Gasteiger partial charge in [0.25, 0.3) is 0 Å². The van der Waals surface area contributed by atoms with Gasteiger partial charge in [-0.25, -0.2) is 4.79 Å². The minimum Gasteiger partial charge on any atom is -0.493 e. The standard InChI is InChI=1S/C24H32O5/c1-16(2)29-22(24(25)26)15-20-8-6-9-21(14-20)27-10-7-11-28-23-18(4)12-17(3)13-19(23)5/h6,8-9,12-14,16,22H,7,10-11,15H2,1-5H3,(H,25,26). The first-order valence-corrected chi connectivity index (χ1v) is 10.1. The van der Waals surface area contributed by atoms with Gasteiger partial charge in [0.1, 0.15) is 11.5 Å². The molecule has 158 valence electrons. The van der Waals surface area contributed by atoms with Gasteiger partial charge >= 0.3 is 5.97 Å². The fraction of sp³-hybridized carbons (Fsp3) is 0.458.